The van der Waals surface area contributed by atoms with Gasteiger partial charge >= 0.3 is 0 Å². The summed E-state index contributed by atoms with van der Waals surface area (Å²) in [6, 6.07) is 0.594. The first-order chi connectivity index (χ1) is 13.7. The number of unbranched alkanes of at least 4 members (excludes halogenated alkanes) is 7. The first-order valence-corrected chi connectivity index (χ1v) is 14.2. The maximum absolute atomic E-state index is 4.92. The maximum Gasteiger partial charge on any atom is 0.219 e. The van der Waals surface area contributed by atoms with Gasteiger partial charge in [0.1, 0.15) is 5.82 Å². The van der Waals surface area contributed by atoms with Gasteiger partial charge in [-0.25, -0.2) is 9.67 Å². The van der Waals surface area contributed by atoms with Gasteiger partial charge in [0.15, 0.2) is 0 Å². The van der Waals surface area contributed by atoms with E-state index in [1.54, 1.807) is 10.8 Å². The van der Waals surface area contributed by atoms with Gasteiger partial charge in [-0.2, -0.15) is 0 Å². The molecule has 162 valence electrons. The summed E-state index contributed by atoms with van der Waals surface area (Å²) in [5.41, 5.74) is 0. The Labute approximate surface area is 182 Å². The highest BCUT2D eigenvalue weighted by molar-refractivity contribution is 8.76. The van der Waals surface area contributed by atoms with E-state index in [0.717, 1.165) is 18.0 Å². The third kappa shape index (κ3) is 9.11. The van der Waals surface area contributed by atoms with Crippen molar-refractivity contribution in [2.45, 2.75) is 140 Å². The van der Waals surface area contributed by atoms with Crippen LogP contribution in [-0.4, -0.2) is 20.0 Å². The van der Waals surface area contributed by atoms with Crippen LogP contribution in [0.4, 0.5) is 0 Å². The molecule has 1 fully saturated rings. The van der Waals surface area contributed by atoms with Crippen molar-refractivity contribution < 1.29 is 0 Å². The summed E-state index contributed by atoms with van der Waals surface area (Å²) >= 11 is 0. The zero-order chi connectivity index (χ0) is 20.0. The van der Waals surface area contributed by atoms with Crippen molar-refractivity contribution >= 4 is 21.6 Å². The molecule has 0 radical (unpaired) electrons. The van der Waals surface area contributed by atoms with Crippen LogP contribution in [0.2, 0.25) is 0 Å². The fraction of sp³-hybridized carbons (Fsp3) is 0.913. The molecule has 1 aromatic rings. The largest absolute Gasteiger partial charge is 0.246 e. The lowest BCUT2D eigenvalue weighted by Crippen LogP contribution is -2.16. The van der Waals surface area contributed by atoms with E-state index in [0.29, 0.717) is 11.3 Å². The number of aromatic nitrogens is 3. The van der Waals surface area contributed by atoms with Crippen molar-refractivity contribution in [2.75, 3.05) is 0 Å². The van der Waals surface area contributed by atoms with Gasteiger partial charge in [-0.3, -0.25) is 0 Å². The Morgan fingerprint density at radius 1 is 0.929 bits per heavy atom. The molecule has 28 heavy (non-hydrogen) atoms. The van der Waals surface area contributed by atoms with E-state index in [1.807, 2.05) is 10.8 Å². The second-order valence-corrected chi connectivity index (χ2v) is 11.2. The molecule has 3 nitrogen and oxygen atoms in total. The summed E-state index contributed by atoms with van der Waals surface area (Å²) in [6.45, 7) is 6.90. The molecule has 5 heteroatoms. The van der Waals surface area contributed by atoms with E-state index in [4.69, 9.17) is 10.1 Å². The minimum Gasteiger partial charge on any atom is -0.246 e. The normalized spacial score (nSPS) is 16.5. The molecule has 0 N–H and O–H groups in total. The van der Waals surface area contributed by atoms with Crippen LogP contribution in [0.1, 0.15) is 129 Å². The summed E-state index contributed by atoms with van der Waals surface area (Å²) in [6.07, 6.45) is 21.4. The van der Waals surface area contributed by atoms with Crippen LogP contribution < -0.4 is 0 Å². The molecule has 0 amide bonds. The minimum atomic E-state index is 0.594. The van der Waals surface area contributed by atoms with E-state index < -0.39 is 0 Å². The molecule has 0 saturated heterocycles. The average Bonchev–Trinajstić information content (AvgIpc) is 3.12. The maximum atomic E-state index is 4.92. The van der Waals surface area contributed by atoms with Crippen LogP contribution in [0.15, 0.2) is 5.16 Å². The molecular formula is C23H43N3S2. The van der Waals surface area contributed by atoms with Gasteiger partial charge in [-0.05, 0) is 36.5 Å². The van der Waals surface area contributed by atoms with Crippen molar-refractivity contribution in [3.8, 4) is 0 Å². The SMILES string of the molecule is CCCCCCCCCCC(C)SSc1nc(CCC)n(C2CCCCC2)n1. The third-order valence-electron chi connectivity index (χ3n) is 5.83. The van der Waals surface area contributed by atoms with E-state index >= 15 is 0 Å². The van der Waals surface area contributed by atoms with Crippen molar-refractivity contribution in [3.05, 3.63) is 5.82 Å². The Hall–Kier alpha value is -0.160. The van der Waals surface area contributed by atoms with Gasteiger partial charge in [0.05, 0.1) is 6.04 Å². The summed E-state index contributed by atoms with van der Waals surface area (Å²) in [4.78, 5) is 4.89. The van der Waals surface area contributed by atoms with E-state index in [1.165, 1.54) is 95.7 Å². The standard InChI is InChI=1S/C23H43N3S2/c1-4-6-7-8-9-10-11-13-17-20(3)27-28-23-24-22(16-5-2)26(25-23)21-18-14-12-15-19-21/h20-21H,4-19H2,1-3H3. The second kappa shape index (κ2) is 14.8. The highest BCUT2D eigenvalue weighted by atomic mass is 33.1. The predicted octanol–water partition coefficient (Wildman–Crippen LogP) is 8.40. The number of nitrogens with zero attached hydrogens (tertiary/aromatic N) is 3. The van der Waals surface area contributed by atoms with Gasteiger partial charge in [0.2, 0.25) is 5.16 Å². The van der Waals surface area contributed by atoms with Crippen molar-refractivity contribution in [1.82, 2.24) is 14.8 Å². The van der Waals surface area contributed by atoms with Gasteiger partial charge in [-0.15, -0.1) is 5.10 Å². The van der Waals surface area contributed by atoms with E-state index in [-0.39, 0.29) is 0 Å². The minimum absolute atomic E-state index is 0.594. The molecule has 1 aliphatic carbocycles. The topological polar surface area (TPSA) is 30.7 Å². The number of hydrogen-bond acceptors (Lipinski definition) is 4. The molecule has 0 aliphatic heterocycles. The first kappa shape index (κ1) is 24.1. The molecule has 1 atom stereocenters. The molecule has 1 heterocycles. The Morgan fingerprint density at radius 2 is 1.61 bits per heavy atom. The van der Waals surface area contributed by atoms with Crippen molar-refractivity contribution in [2.24, 2.45) is 0 Å². The van der Waals surface area contributed by atoms with Gasteiger partial charge in [0.25, 0.3) is 0 Å². The zero-order valence-corrected chi connectivity index (χ0v) is 20.3. The molecule has 2 rings (SSSR count). The predicted molar refractivity (Wildman–Crippen MR) is 126 cm³/mol. The van der Waals surface area contributed by atoms with Crippen LogP contribution in [0.5, 0.6) is 0 Å². The lowest BCUT2D eigenvalue weighted by atomic mass is 9.95. The lowest BCUT2D eigenvalue weighted by Gasteiger charge is -2.23. The number of hydrogen-bond donors (Lipinski definition) is 0. The van der Waals surface area contributed by atoms with Crippen LogP contribution in [-0.2, 0) is 6.42 Å². The molecule has 1 aromatic heterocycles. The number of rotatable bonds is 15. The lowest BCUT2D eigenvalue weighted by molar-refractivity contribution is 0.318. The third-order valence-corrected chi connectivity index (χ3v) is 8.53. The Kier molecular flexibility index (Phi) is 12.7. The molecule has 0 spiro atoms. The molecule has 0 bridgehead atoms. The Balaban J connectivity index is 1.67. The summed E-state index contributed by atoms with van der Waals surface area (Å²) in [5.74, 6) is 1.22. The van der Waals surface area contributed by atoms with E-state index in [2.05, 4.69) is 25.5 Å². The van der Waals surface area contributed by atoms with Crippen molar-refractivity contribution in [3.63, 3.8) is 0 Å². The smallest absolute Gasteiger partial charge is 0.219 e. The van der Waals surface area contributed by atoms with Crippen LogP contribution in [0.3, 0.4) is 0 Å². The van der Waals surface area contributed by atoms with Crippen LogP contribution in [0.25, 0.3) is 0 Å². The zero-order valence-electron chi connectivity index (χ0n) is 18.6. The number of aryl methyl sites for hydroxylation is 1. The highest BCUT2D eigenvalue weighted by Crippen LogP contribution is 2.36. The molecule has 1 saturated carbocycles. The highest BCUT2D eigenvalue weighted by Gasteiger charge is 2.21. The van der Waals surface area contributed by atoms with Gasteiger partial charge in [-0.1, -0.05) is 102 Å². The average molecular weight is 426 g/mol. The quantitative estimate of drug-likeness (QED) is 0.208. The van der Waals surface area contributed by atoms with Gasteiger partial charge in [0, 0.05) is 11.7 Å². The molecule has 0 aromatic carbocycles. The van der Waals surface area contributed by atoms with Crippen LogP contribution in [0, 0.1) is 0 Å². The Bertz CT molecular complexity index is 512. The monoisotopic (exact) mass is 425 g/mol. The van der Waals surface area contributed by atoms with Crippen molar-refractivity contribution in [1.29, 1.82) is 0 Å². The Morgan fingerprint density at radius 3 is 2.29 bits per heavy atom. The summed E-state index contributed by atoms with van der Waals surface area (Å²) in [5, 5.41) is 6.59. The molecule has 1 unspecified atom stereocenters. The fourth-order valence-electron chi connectivity index (χ4n) is 4.12. The van der Waals surface area contributed by atoms with Gasteiger partial charge < -0.3 is 0 Å². The molecular weight excluding hydrogens is 382 g/mol. The first-order valence-electron chi connectivity index (χ1n) is 12.0. The fourth-order valence-corrected chi connectivity index (χ4v) is 6.15. The second-order valence-electron chi connectivity index (χ2n) is 8.55. The summed E-state index contributed by atoms with van der Waals surface area (Å²) in [7, 11) is 3.77. The summed E-state index contributed by atoms with van der Waals surface area (Å²) < 4.78 is 2.29. The molecule has 1 aliphatic rings. The van der Waals surface area contributed by atoms with Crippen LogP contribution >= 0.6 is 21.6 Å². The van der Waals surface area contributed by atoms with E-state index in [9.17, 15) is 0 Å².